The third-order valence-electron chi connectivity index (χ3n) is 5.73. The van der Waals surface area contributed by atoms with Crippen molar-refractivity contribution in [1.29, 1.82) is 0 Å². The van der Waals surface area contributed by atoms with E-state index in [4.69, 9.17) is 16.3 Å². The molecule has 168 valence electrons. The third kappa shape index (κ3) is 4.37. The number of nitrogens with zero attached hydrogens (tertiary/aromatic N) is 1. The molecule has 33 heavy (non-hydrogen) atoms. The fraction of sp³-hybridized carbons (Fsp3) is 0.185. The standard InChI is InChI=1S/C27H25ClN2O3/c1-5-33-22-8-6-7-21(15-22)30-26(31)24(19-11-9-16(2)18(4)13-19)25(27(30)32)29-23-14-20(28)12-10-17(23)3/h6-15,29H,5H2,1-4H3. The lowest BCUT2D eigenvalue weighted by Crippen LogP contribution is -2.32. The van der Waals surface area contributed by atoms with Crippen molar-refractivity contribution < 1.29 is 14.3 Å². The van der Waals surface area contributed by atoms with E-state index in [1.807, 2.05) is 52.0 Å². The van der Waals surface area contributed by atoms with Gasteiger partial charge in [-0.15, -0.1) is 0 Å². The van der Waals surface area contributed by atoms with Crippen molar-refractivity contribution >= 4 is 40.4 Å². The summed E-state index contributed by atoms with van der Waals surface area (Å²) in [5.41, 5.74) is 5.40. The molecule has 6 heteroatoms. The number of hydrogen-bond acceptors (Lipinski definition) is 4. The van der Waals surface area contributed by atoms with E-state index in [0.29, 0.717) is 39.9 Å². The summed E-state index contributed by atoms with van der Waals surface area (Å²) in [5.74, 6) is -0.226. The lowest BCUT2D eigenvalue weighted by atomic mass is 9.99. The Morgan fingerprint density at radius 3 is 2.36 bits per heavy atom. The Hall–Kier alpha value is -3.57. The number of aryl methyl sites for hydroxylation is 3. The van der Waals surface area contributed by atoms with Crippen molar-refractivity contribution in [3.05, 3.63) is 93.6 Å². The molecule has 0 unspecified atom stereocenters. The van der Waals surface area contributed by atoms with Gasteiger partial charge in [-0.05, 0) is 74.2 Å². The van der Waals surface area contributed by atoms with Crippen LogP contribution in [0.25, 0.3) is 5.57 Å². The molecular formula is C27H25ClN2O3. The second kappa shape index (κ2) is 9.12. The molecule has 0 bridgehead atoms. The van der Waals surface area contributed by atoms with Crippen LogP contribution < -0.4 is 15.0 Å². The van der Waals surface area contributed by atoms with Gasteiger partial charge in [0.05, 0.1) is 17.9 Å². The Labute approximate surface area is 198 Å². The molecule has 0 atom stereocenters. The molecule has 1 aliphatic heterocycles. The number of nitrogens with one attached hydrogen (secondary N) is 1. The van der Waals surface area contributed by atoms with E-state index >= 15 is 0 Å². The van der Waals surface area contributed by atoms with Crippen LogP contribution in [0.3, 0.4) is 0 Å². The van der Waals surface area contributed by atoms with E-state index in [9.17, 15) is 9.59 Å². The Bertz CT molecular complexity index is 1300. The average molecular weight is 461 g/mol. The molecule has 5 nitrogen and oxygen atoms in total. The maximum Gasteiger partial charge on any atom is 0.282 e. The molecule has 1 aliphatic rings. The van der Waals surface area contributed by atoms with Crippen molar-refractivity contribution in [2.45, 2.75) is 27.7 Å². The molecule has 0 saturated carbocycles. The first-order valence-corrected chi connectivity index (χ1v) is 11.1. The maximum absolute atomic E-state index is 13.7. The molecule has 3 aromatic rings. The third-order valence-corrected chi connectivity index (χ3v) is 5.96. The van der Waals surface area contributed by atoms with Gasteiger partial charge in [-0.1, -0.05) is 41.9 Å². The van der Waals surface area contributed by atoms with Crippen LogP contribution in [-0.4, -0.2) is 18.4 Å². The van der Waals surface area contributed by atoms with Crippen LogP contribution in [0.5, 0.6) is 5.75 Å². The Morgan fingerprint density at radius 2 is 1.64 bits per heavy atom. The van der Waals surface area contributed by atoms with Gasteiger partial charge in [-0.3, -0.25) is 9.59 Å². The second-order valence-electron chi connectivity index (χ2n) is 8.01. The van der Waals surface area contributed by atoms with Gasteiger partial charge in [0.1, 0.15) is 11.4 Å². The minimum absolute atomic E-state index is 0.218. The van der Waals surface area contributed by atoms with E-state index in [2.05, 4.69) is 5.32 Å². The number of hydrogen-bond donors (Lipinski definition) is 1. The molecule has 0 fully saturated rings. The Balaban J connectivity index is 1.85. The van der Waals surface area contributed by atoms with Crippen LogP contribution in [0.1, 0.15) is 29.2 Å². The van der Waals surface area contributed by atoms with E-state index in [1.54, 1.807) is 36.4 Å². The Kier molecular flexibility index (Phi) is 6.25. The van der Waals surface area contributed by atoms with Crippen molar-refractivity contribution in [3.8, 4) is 5.75 Å². The van der Waals surface area contributed by atoms with Gasteiger partial charge in [0, 0.05) is 16.8 Å². The summed E-state index contributed by atoms with van der Waals surface area (Å²) in [7, 11) is 0. The van der Waals surface area contributed by atoms with Crippen LogP contribution in [-0.2, 0) is 9.59 Å². The molecule has 0 spiro atoms. The van der Waals surface area contributed by atoms with Gasteiger partial charge < -0.3 is 10.1 Å². The van der Waals surface area contributed by atoms with Crippen molar-refractivity contribution in [2.75, 3.05) is 16.8 Å². The average Bonchev–Trinajstić information content (AvgIpc) is 3.02. The fourth-order valence-electron chi connectivity index (χ4n) is 3.79. The topological polar surface area (TPSA) is 58.6 Å². The predicted molar refractivity (Wildman–Crippen MR) is 133 cm³/mol. The van der Waals surface area contributed by atoms with E-state index in [-0.39, 0.29) is 11.6 Å². The zero-order valence-corrected chi connectivity index (χ0v) is 19.8. The minimum Gasteiger partial charge on any atom is -0.494 e. The summed E-state index contributed by atoms with van der Waals surface area (Å²) in [5, 5.41) is 3.74. The van der Waals surface area contributed by atoms with E-state index in [1.165, 1.54) is 4.90 Å². The molecule has 0 radical (unpaired) electrons. The predicted octanol–water partition coefficient (Wildman–Crippen LogP) is 6.06. The highest BCUT2D eigenvalue weighted by Gasteiger charge is 2.40. The van der Waals surface area contributed by atoms with E-state index in [0.717, 1.165) is 16.7 Å². The smallest absolute Gasteiger partial charge is 0.282 e. The molecule has 0 aliphatic carbocycles. The molecule has 4 rings (SSSR count). The number of imide groups is 1. The highest BCUT2D eigenvalue weighted by molar-refractivity contribution is 6.46. The highest BCUT2D eigenvalue weighted by atomic mass is 35.5. The van der Waals surface area contributed by atoms with Crippen molar-refractivity contribution in [1.82, 2.24) is 0 Å². The first-order chi connectivity index (χ1) is 15.8. The normalized spacial score (nSPS) is 13.7. The second-order valence-corrected chi connectivity index (χ2v) is 8.45. The van der Waals surface area contributed by atoms with Crippen LogP contribution in [0.4, 0.5) is 11.4 Å². The van der Waals surface area contributed by atoms with Crippen molar-refractivity contribution in [3.63, 3.8) is 0 Å². The minimum atomic E-state index is -0.429. The fourth-order valence-corrected chi connectivity index (χ4v) is 3.96. The number of rotatable bonds is 6. The molecule has 0 saturated heterocycles. The lowest BCUT2D eigenvalue weighted by molar-refractivity contribution is -0.120. The first kappa shape index (κ1) is 22.6. The summed E-state index contributed by atoms with van der Waals surface area (Å²) < 4.78 is 5.58. The summed E-state index contributed by atoms with van der Waals surface area (Å²) >= 11 is 6.20. The summed E-state index contributed by atoms with van der Waals surface area (Å²) in [6, 6.07) is 18.1. The van der Waals surface area contributed by atoms with Gasteiger partial charge in [0.25, 0.3) is 11.8 Å². The van der Waals surface area contributed by atoms with Crippen LogP contribution >= 0.6 is 11.6 Å². The van der Waals surface area contributed by atoms with Gasteiger partial charge in [-0.2, -0.15) is 0 Å². The monoisotopic (exact) mass is 460 g/mol. The molecule has 1 N–H and O–H groups in total. The maximum atomic E-state index is 13.7. The van der Waals surface area contributed by atoms with Crippen LogP contribution in [0.2, 0.25) is 5.02 Å². The van der Waals surface area contributed by atoms with Crippen molar-refractivity contribution in [2.24, 2.45) is 0 Å². The van der Waals surface area contributed by atoms with Gasteiger partial charge >= 0.3 is 0 Å². The number of carbonyl (C=O) groups excluding carboxylic acids is 2. The number of benzene rings is 3. The number of ether oxygens (including phenoxy) is 1. The summed E-state index contributed by atoms with van der Waals surface area (Å²) in [6.07, 6.45) is 0. The van der Waals surface area contributed by atoms with Crippen LogP contribution in [0.15, 0.2) is 66.4 Å². The van der Waals surface area contributed by atoms with Gasteiger partial charge in [0.15, 0.2) is 0 Å². The van der Waals surface area contributed by atoms with Crippen LogP contribution in [0, 0.1) is 20.8 Å². The molecular weight excluding hydrogens is 436 g/mol. The zero-order valence-electron chi connectivity index (χ0n) is 19.0. The summed E-state index contributed by atoms with van der Waals surface area (Å²) in [6.45, 7) is 8.28. The molecule has 0 aromatic heterocycles. The SMILES string of the molecule is CCOc1cccc(N2C(=O)C(Nc3cc(Cl)ccc3C)=C(c3ccc(C)c(C)c3)C2=O)c1. The van der Waals surface area contributed by atoms with Gasteiger partial charge in [-0.25, -0.2) is 4.90 Å². The first-order valence-electron chi connectivity index (χ1n) is 10.8. The van der Waals surface area contributed by atoms with E-state index < -0.39 is 5.91 Å². The van der Waals surface area contributed by atoms with Gasteiger partial charge in [0.2, 0.25) is 0 Å². The molecule has 3 aromatic carbocycles. The summed E-state index contributed by atoms with van der Waals surface area (Å²) in [4.78, 5) is 28.5. The lowest BCUT2D eigenvalue weighted by Gasteiger charge is -2.17. The molecule has 2 amide bonds. The molecule has 1 heterocycles. The zero-order chi connectivity index (χ0) is 23.7. The number of halogens is 1. The number of anilines is 2. The quantitative estimate of drug-likeness (QED) is 0.454. The number of amides is 2. The largest absolute Gasteiger partial charge is 0.494 e. The Morgan fingerprint density at radius 1 is 0.879 bits per heavy atom. The number of carbonyl (C=O) groups is 2. The highest BCUT2D eigenvalue weighted by Crippen LogP contribution is 2.36.